The van der Waals surface area contributed by atoms with Gasteiger partial charge in [-0.1, -0.05) is 212 Å². The molecule has 0 aromatic carbocycles. The van der Waals surface area contributed by atoms with Crippen LogP contribution in [-0.2, 0) is 19.1 Å². The summed E-state index contributed by atoms with van der Waals surface area (Å²) in [5.74, 6) is -0.336. The van der Waals surface area contributed by atoms with Crippen LogP contribution < -0.4 is 0 Å². The lowest BCUT2D eigenvalue weighted by atomic mass is 10.0. The lowest BCUT2D eigenvalue weighted by Gasteiger charge is -2.17. The number of rotatable bonds is 45. The zero-order valence-electron chi connectivity index (χ0n) is 36.4. The van der Waals surface area contributed by atoms with Gasteiger partial charge in [-0.2, -0.15) is 0 Å². The summed E-state index contributed by atoms with van der Waals surface area (Å²) in [5.41, 5.74) is 0. The Morgan fingerprint density at radius 3 is 1.15 bits per heavy atom. The van der Waals surface area contributed by atoms with Gasteiger partial charge in [0.25, 0.3) is 0 Å². The Labute approximate surface area is 342 Å². The van der Waals surface area contributed by atoms with Crippen molar-refractivity contribution in [3.8, 4) is 0 Å². The first-order valence-electron chi connectivity index (χ1n) is 24.2. The summed E-state index contributed by atoms with van der Waals surface area (Å²) in [7, 11) is 0. The second-order valence-electron chi connectivity index (χ2n) is 16.5. The van der Waals surface area contributed by atoms with E-state index in [0.29, 0.717) is 13.0 Å². The highest BCUT2D eigenvalue weighted by Crippen LogP contribution is 2.19. The number of carbonyl (C=O) groups excluding carboxylic acids is 2. The van der Waals surface area contributed by atoms with E-state index in [1.165, 1.54) is 199 Å². The average molecular weight is 782 g/mol. The van der Waals surface area contributed by atoms with E-state index in [0.717, 1.165) is 51.4 Å². The van der Waals surface area contributed by atoms with E-state index < -0.39 is 0 Å². The van der Waals surface area contributed by atoms with Crippen LogP contribution in [0.2, 0.25) is 0 Å². The summed E-state index contributed by atoms with van der Waals surface area (Å²) in [5, 5.41) is 0. The number of carbonyl (C=O) groups is 2. The van der Waals surface area contributed by atoms with E-state index in [1.807, 2.05) is 0 Å². The maximum atomic E-state index is 12.1. The molecule has 0 spiro atoms. The molecule has 0 aliphatic carbocycles. The molecule has 0 saturated heterocycles. The first kappa shape index (κ1) is 53.0. The monoisotopic (exact) mass is 781 g/mol. The van der Waals surface area contributed by atoms with Gasteiger partial charge in [-0.15, -0.1) is 11.6 Å². The van der Waals surface area contributed by atoms with Gasteiger partial charge >= 0.3 is 11.9 Å². The van der Waals surface area contributed by atoms with E-state index in [1.54, 1.807) is 0 Å². The highest BCUT2D eigenvalue weighted by molar-refractivity contribution is 6.26. The lowest BCUT2D eigenvalue weighted by Crippen LogP contribution is -2.19. The molecule has 0 aliphatic rings. The van der Waals surface area contributed by atoms with Crippen LogP contribution in [0, 0.1) is 0 Å². The molecule has 0 aromatic rings. The molecule has 1 atom stereocenters. The van der Waals surface area contributed by atoms with Gasteiger partial charge in [-0.05, 0) is 64.2 Å². The fourth-order valence-electron chi connectivity index (χ4n) is 7.53. The molecule has 0 N–H and O–H groups in total. The third kappa shape index (κ3) is 43.7. The van der Waals surface area contributed by atoms with Crippen LogP contribution in [0.25, 0.3) is 0 Å². The van der Waals surface area contributed by atoms with Crippen molar-refractivity contribution in [3.05, 3.63) is 12.2 Å². The van der Waals surface area contributed by atoms with Crippen molar-refractivity contribution in [2.45, 2.75) is 277 Å². The lowest BCUT2D eigenvalue weighted by molar-refractivity contribution is -0.147. The summed E-state index contributed by atoms with van der Waals surface area (Å²) in [4.78, 5) is 23.9. The van der Waals surface area contributed by atoms with E-state index in [-0.39, 0.29) is 23.9 Å². The highest BCUT2D eigenvalue weighted by Gasteiger charge is 2.13. The molecule has 0 aromatic heterocycles. The second kappa shape index (κ2) is 46.4. The predicted molar refractivity (Wildman–Crippen MR) is 237 cm³/mol. The standard InChI is InChI=1S/C49H93ClO4/c1-3-5-7-9-11-13-15-16-17-18-19-20-21-22-23-25-27-32-36-40-44-48(51)53-45-41-37-33-29-28-31-35-39-43-47(54-49(52)46-50)42-38-34-30-26-24-14-12-10-8-6-4-2/h20-21,47H,3-19,22-46H2,1-2H3/b21-20-. The quantitative estimate of drug-likeness (QED) is 0.0267. The van der Waals surface area contributed by atoms with Gasteiger partial charge in [0.1, 0.15) is 12.0 Å². The number of esters is 2. The average Bonchev–Trinajstić information content (AvgIpc) is 3.17. The number of halogens is 1. The molecular weight excluding hydrogens is 688 g/mol. The van der Waals surface area contributed by atoms with E-state index in [9.17, 15) is 9.59 Å². The Morgan fingerprint density at radius 2 is 0.759 bits per heavy atom. The minimum atomic E-state index is -0.274. The molecule has 5 heteroatoms. The molecule has 0 rings (SSSR count). The molecule has 0 fully saturated rings. The van der Waals surface area contributed by atoms with Crippen molar-refractivity contribution in [2.24, 2.45) is 0 Å². The number of hydrogen-bond donors (Lipinski definition) is 0. The molecule has 0 amide bonds. The van der Waals surface area contributed by atoms with Gasteiger partial charge in [-0.25, -0.2) is 0 Å². The third-order valence-corrected chi connectivity index (χ3v) is 11.3. The summed E-state index contributed by atoms with van der Waals surface area (Å²) in [6.07, 6.45) is 55.2. The van der Waals surface area contributed by atoms with Crippen LogP contribution >= 0.6 is 11.6 Å². The first-order chi connectivity index (χ1) is 26.6. The first-order valence-corrected chi connectivity index (χ1v) is 24.7. The van der Waals surface area contributed by atoms with Gasteiger partial charge < -0.3 is 9.47 Å². The molecule has 320 valence electrons. The molecule has 0 saturated carbocycles. The van der Waals surface area contributed by atoms with Crippen LogP contribution in [0.1, 0.15) is 271 Å². The summed E-state index contributed by atoms with van der Waals surface area (Å²) in [6, 6.07) is 0. The van der Waals surface area contributed by atoms with Crippen molar-refractivity contribution in [1.29, 1.82) is 0 Å². The number of hydrogen-bond acceptors (Lipinski definition) is 4. The molecule has 54 heavy (non-hydrogen) atoms. The number of unbranched alkanes of at least 4 members (excludes halogenated alkanes) is 33. The van der Waals surface area contributed by atoms with Crippen molar-refractivity contribution < 1.29 is 19.1 Å². The molecule has 0 radical (unpaired) electrons. The van der Waals surface area contributed by atoms with E-state index in [2.05, 4.69) is 26.0 Å². The molecular formula is C49H93ClO4. The van der Waals surface area contributed by atoms with Gasteiger partial charge in [-0.3, -0.25) is 9.59 Å². The van der Waals surface area contributed by atoms with E-state index in [4.69, 9.17) is 21.1 Å². The maximum Gasteiger partial charge on any atom is 0.321 e. The van der Waals surface area contributed by atoms with Gasteiger partial charge in [0.05, 0.1) is 6.61 Å². The Bertz CT molecular complexity index is 784. The largest absolute Gasteiger partial charge is 0.466 e. The number of allylic oxidation sites excluding steroid dienone is 2. The minimum absolute atomic E-state index is 0.0129. The van der Waals surface area contributed by atoms with Crippen LogP contribution in [0.5, 0.6) is 0 Å². The second-order valence-corrected chi connectivity index (χ2v) is 16.8. The number of ether oxygens (including phenoxy) is 2. The predicted octanol–water partition coefficient (Wildman–Crippen LogP) is 16.9. The Balaban J connectivity index is 3.51. The fourth-order valence-corrected chi connectivity index (χ4v) is 7.60. The maximum absolute atomic E-state index is 12.1. The molecule has 0 bridgehead atoms. The van der Waals surface area contributed by atoms with Crippen LogP contribution in [0.3, 0.4) is 0 Å². The van der Waals surface area contributed by atoms with Crippen molar-refractivity contribution in [3.63, 3.8) is 0 Å². The molecule has 1 unspecified atom stereocenters. The smallest absolute Gasteiger partial charge is 0.321 e. The normalized spacial score (nSPS) is 12.1. The van der Waals surface area contributed by atoms with Crippen molar-refractivity contribution in [1.82, 2.24) is 0 Å². The summed E-state index contributed by atoms with van der Waals surface area (Å²) in [6.45, 7) is 5.14. The summed E-state index contributed by atoms with van der Waals surface area (Å²) < 4.78 is 11.1. The number of alkyl halides is 1. The summed E-state index contributed by atoms with van der Waals surface area (Å²) >= 11 is 5.72. The Morgan fingerprint density at radius 1 is 0.426 bits per heavy atom. The van der Waals surface area contributed by atoms with Gasteiger partial charge in [0.2, 0.25) is 0 Å². The van der Waals surface area contributed by atoms with Crippen molar-refractivity contribution >= 4 is 23.5 Å². The zero-order valence-corrected chi connectivity index (χ0v) is 37.2. The van der Waals surface area contributed by atoms with Gasteiger partial charge in [0, 0.05) is 6.42 Å². The topological polar surface area (TPSA) is 52.6 Å². The molecule has 0 aliphatic heterocycles. The minimum Gasteiger partial charge on any atom is -0.466 e. The van der Waals surface area contributed by atoms with Crippen LogP contribution in [0.15, 0.2) is 12.2 Å². The Kier molecular flexibility index (Phi) is 45.5. The SMILES string of the molecule is CCCCCCCCCCCC/C=C\CCCCCCCCC(=O)OCCCCCCCCCCC(CCCCCCCCCCCCC)OC(=O)CCl. The van der Waals surface area contributed by atoms with Gasteiger partial charge in [0.15, 0.2) is 0 Å². The van der Waals surface area contributed by atoms with E-state index >= 15 is 0 Å². The fraction of sp³-hybridized carbons (Fsp3) is 0.918. The highest BCUT2D eigenvalue weighted by atomic mass is 35.5. The van der Waals surface area contributed by atoms with Crippen LogP contribution in [-0.4, -0.2) is 30.5 Å². The van der Waals surface area contributed by atoms with Crippen molar-refractivity contribution in [2.75, 3.05) is 12.5 Å². The molecule has 0 heterocycles. The molecule has 4 nitrogen and oxygen atoms in total. The third-order valence-electron chi connectivity index (χ3n) is 11.1. The Hall–Kier alpha value is -1.03. The zero-order chi connectivity index (χ0) is 39.3. The van der Waals surface area contributed by atoms with Crippen LogP contribution in [0.4, 0.5) is 0 Å².